The van der Waals surface area contributed by atoms with E-state index in [0.717, 1.165) is 0 Å². The van der Waals surface area contributed by atoms with Crippen molar-refractivity contribution in [2.75, 3.05) is 19.8 Å². The van der Waals surface area contributed by atoms with Gasteiger partial charge in [-0.2, -0.15) is 0 Å². The smallest absolute Gasteiger partial charge is 0.306 e. The van der Waals surface area contributed by atoms with Crippen molar-refractivity contribution in [3.63, 3.8) is 0 Å². The predicted octanol–water partition coefficient (Wildman–Crippen LogP) is 1.65. The second-order valence-corrected chi connectivity index (χ2v) is 7.56. The number of hydrogen-bond donors (Lipinski definition) is 1. The van der Waals surface area contributed by atoms with Gasteiger partial charge in [0.1, 0.15) is 19.8 Å². The largest absolute Gasteiger partial charge is 0.486 e. The van der Waals surface area contributed by atoms with E-state index in [1.807, 2.05) is 6.07 Å². The van der Waals surface area contributed by atoms with Crippen LogP contribution in [0.25, 0.3) is 0 Å². The first-order chi connectivity index (χ1) is 13.0. The molecule has 0 atom stereocenters. The van der Waals surface area contributed by atoms with Crippen LogP contribution >= 0.6 is 0 Å². The first kappa shape index (κ1) is 19.1. The van der Waals surface area contributed by atoms with E-state index < -0.39 is 16.0 Å². The summed E-state index contributed by atoms with van der Waals surface area (Å²) >= 11 is 0. The lowest BCUT2D eigenvalue weighted by Crippen LogP contribution is -2.25. The first-order valence-corrected chi connectivity index (χ1v) is 9.98. The molecule has 0 amide bonds. The number of aromatic nitrogens is 1. The summed E-state index contributed by atoms with van der Waals surface area (Å²) in [5.74, 6) is 0.525. The molecule has 0 saturated heterocycles. The number of carbonyl (C=O) groups is 1. The van der Waals surface area contributed by atoms with E-state index in [9.17, 15) is 13.2 Å². The molecule has 1 aliphatic heterocycles. The summed E-state index contributed by atoms with van der Waals surface area (Å²) in [5.41, 5.74) is 0.658. The van der Waals surface area contributed by atoms with Gasteiger partial charge in [0.25, 0.3) is 0 Å². The van der Waals surface area contributed by atoms with Crippen molar-refractivity contribution in [3.05, 3.63) is 48.3 Å². The Morgan fingerprint density at radius 3 is 2.74 bits per heavy atom. The second kappa shape index (κ2) is 8.83. The summed E-state index contributed by atoms with van der Waals surface area (Å²) < 4.78 is 43.0. The molecule has 3 rings (SSSR count). The first-order valence-electron chi connectivity index (χ1n) is 8.49. The maximum Gasteiger partial charge on any atom is 0.306 e. The van der Waals surface area contributed by atoms with Crippen molar-refractivity contribution in [2.45, 2.75) is 24.3 Å². The fourth-order valence-electron chi connectivity index (χ4n) is 2.42. The van der Waals surface area contributed by atoms with Crippen LogP contribution in [-0.2, 0) is 26.2 Å². The van der Waals surface area contributed by atoms with Gasteiger partial charge in [0, 0.05) is 25.2 Å². The van der Waals surface area contributed by atoms with Gasteiger partial charge in [0.15, 0.2) is 11.5 Å². The van der Waals surface area contributed by atoms with Crippen molar-refractivity contribution >= 4 is 16.0 Å². The Kier molecular flexibility index (Phi) is 6.25. The monoisotopic (exact) mass is 392 g/mol. The zero-order valence-corrected chi connectivity index (χ0v) is 15.4. The summed E-state index contributed by atoms with van der Waals surface area (Å²) in [6, 6.07) is 9.80. The van der Waals surface area contributed by atoms with Crippen LogP contribution in [0.15, 0.2) is 47.5 Å². The van der Waals surface area contributed by atoms with Gasteiger partial charge in [0.05, 0.1) is 10.6 Å². The lowest BCUT2D eigenvalue weighted by Gasteiger charge is -2.18. The zero-order valence-electron chi connectivity index (χ0n) is 14.6. The molecule has 0 radical (unpaired) electrons. The number of nitrogens with zero attached hydrogens (tertiary/aromatic N) is 1. The van der Waals surface area contributed by atoms with Gasteiger partial charge in [-0.15, -0.1) is 0 Å². The molecule has 0 saturated carbocycles. The van der Waals surface area contributed by atoms with Crippen LogP contribution in [0.4, 0.5) is 0 Å². The van der Waals surface area contributed by atoms with Crippen LogP contribution in [0.5, 0.6) is 11.5 Å². The Morgan fingerprint density at radius 1 is 1.15 bits per heavy atom. The molecule has 0 unspecified atom stereocenters. The molecular weight excluding hydrogens is 372 g/mol. The molecule has 1 N–H and O–H groups in total. The summed E-state index contributed by atoms with van der Waals surface area (Å²) in [4.78, 5) is 15.9. The van der Waals surface area contributed by atoms with Gasteiger partial charge >= 0.3 is 5.97 Å². The van der Waals surface area contributed by atoms with Crippen LogP contribution < -0.4 is 14.2 Å². The van der Waals surface area contributed by atoms with Gasteiger partial charge in [-0.1, -0.05) is 6.07 Å². The van der Waals surface area contributed by atoms with Gasteiger partial charge in [0.2, 0.25) is 10.0 Å². The van der Waals surface area contributed by atoms with Gasteiger partial charge in [-0.3, -0.25) is 9.78 Å². The summed E-state index contributed by atoms with van der Waals surface area (Å²) in [5, 5.41) is 0. The number of benzene rings is 1. The maximum absolute atomic E-state index is 12.3. The molecular formula is C18H20N2O6S. The molecule has 0 bridgehead atoms. The van der Waals surface area contributed by atoms with Gasteiger partial charge in [-0.25, -0.2) is 13.1 Å². The molecule has 0 fully saturated rings. The SMILES string of the molecule is O=C(CCCNS(=O)(=O)c1ccc2c(c1)OCCO2)OCc1ccccn1. The standard InChI is InChI=1S/C18H20N2O6S/c21-18(26-13-14-4-1-2-8-19-14)5-3-9-20-27(22,23)15-6-7-16-17(12-15)25-11-10-24-16/h1-2,4,6-8,12,20H,3,5,9-11,13H2. The summed E-state index contributed by atoms with van der Waals surface area (Å²) in [7, 11) is -3.69. The molecule has 1 aliphatic rings. The minimum absolute atomic E-state index is 0.0875. The lowest BCUT2D eigenvalue weighted by molar-refractivity contribution is -0.145. The average Bonchev–Trinajstić information content (AvgIpc) is 2.70. The third kappa shape index (κ3) is 5.41. The van der Waals surface area contributed by atoms with Crippen molar-refractivity contribution < 1.29 is 27.4 Å². The van der Waals surface area contributed by atoms with Crippen LogP contribution in [0.1, 0.15) is 18.5 Å². The van der Waals surface area contributed by atoms with Crippen molar-refractivity contribution in [3.8, 4) is 11.5 Å². The van der Waals surface area contributed by atoms with Crippen molar-refractivity contribution in [2.24, 2.45) is 0 Å². The maximum atomic E-state index is 12.3. The van der Waals surface area contributed by atoms with E-state index in [1.54, 1.807) is 24.4 Å². The molecule has 144 valence electrons. The third-order valence-corrected chi connectivity index (χ3v) is 5.24. The molecule has 2 aromatic rings. The predicted molar refractivity (Wildman–Crippen MR) is 95.9 cm³/mol. The van der Waals surface area contributed by atoms with Gasteiger partial charge < -0.3 is 14.2 Å². The van der Waals surface area contributed by atoms with Crippen LogP contribution in [0, 0.1) is 0 Å². The summed E-state index contributed by atoms with van der Waals surface area (Å²) in [6.07, 6.45) is 2.05. The van der Waals surface area contributed by atoms with E-state index in [2.05, 4.69) is 9.71 Å². The highest BCUT2D eigenvalue weighted by Gasteiger charge is 2.19. The van der Waals surface area contributed by atoms with Crippen LogP contribution in [0.2, 0.25) is 0 Å². The third-order valence-electron chi connectivity index (χ3n) is 3.78. The Morgan fingerprint density at radius 2 is 1.96 bits per heavy atom. The average molecular weight is 392 g/mol. The Hall–Kier alpha value is -2.65. The molecule has 0 spiro atoms. The lowest BCUT2D eigenvalue weighted by atomic mass is 10.3. The number of esters is 1. The number of fused-ring (bicyclic) bond motifs is 1. The molecule has 27 heavy (non-hydrogen) atoms. The van der Waals surface area contributed by atoms with Crippen molar-refractivity contribution in [1.82, 2.24) is 9.71 Å². The highest BCUT2D eigenvalue weighted by molar-refractivity contribution is 7.89. The minimum Gasteiger partial charge on any atom is -0.486 e. The van der Waals surface area contributed by atoms with E-state index in [4.69, 9.17) is 14.2 Å². The normalized spacial score (nSPS) is 13.2. The zero-order chi connectivity index (χ0) is 19.1. The van der Waals surface area contributed by atoms with E-state index in [1.165, 1.54) is 12.1 Å². The number of nitrogens with one attached hydrogen (secondary N) is 1. The quantitative estimate of drug-likeness (QED) is 0.538. The van der Waals surface area contributed by atoms with Crippen molar-refractivity contribution in [1.29, 1.82) is 0 Å². The number of hydrogen-bond acceptors (Lipinski definition) is 7. The Bertz CT molecular complexity index is 886. The Labute approximate surface area is 157 Å². The minimum atomic E-state index is -3.69. The molecule has 2 heterocycles. The fourth-order valence-corrected chi connectivity index (χ4v) is 3.51. The van der Waals surface area contributed by atoms with Crippen LogP contribution in [-0.4, -0.2) is 39.1 Å². The topological polar surface area (TPSA) is 104 Å². The molecule has 1 aromatic heterocycles. The second-order valence-electron chi connectivity index (χ2n) is 5.79. The van der Waals surface area contributed by atoms with Crippen LogP contribution in [0.3, 0.4) is 0 Å². The Balaban J connectivity index is 1.43. The number of pyridine rings is 1. The van der Waals surface area contributed by atoms with E-state index >= 15 is 0 Å². The highest BCUT2D eigenvalue weighted by atomic mass is 32.2. The number of rotatable bonds is 8. The summed E-state index contributed by atoms with van der Waals surface area (Å²) in [6.45, 7) is 1.04. The fraction of sp³-hybridized carbons (Fsp3) is 0.333. The number of carbonyl (C=O) groups excluding carboxylic acids is 1. The molecule has 9 heteroatoms. The molecule has 1 aromatic carbocycles. The van der Waals surface area contributed by atoms with E-state index in [0.29, 0.717) is 36.8 Å². The number of ether oxygens (including phenoxy) is 3. The van der Waals surface area contributed by atoms with Gasteiger partial charge in [-0.05, 0) is 30.7 Å². The molecule has 0 aliphatic carbocycles. The molecule has 8 nitrogen and oxygen atoms in total. The van der Waals surface area contributed by atoms with E-state index in [-0.39, 0.29) is 24.5 Å². The highest BCUT2D eigenvalue weighted by Crippen LogP contribution is 2.32. The number of sulfonamides is 1.